The van der Waals surface area contributed by atoms with Crippen molar-refractivity contribution in [3.05, 3.63) is 95.8 Å². The lowest BCUT2D eigenvalue weighted by molar-refractivity contribution is 0.0994. The van der Waals surface area contributed by atoms with Crippen LogP contribution in [0.2, 0.25) is 0 Å². The van der Waals surface area contributed by atoms with Crippen LogP contribution >= 0.6 is 11.8 Å². The van der Waals surface area contributed by atoms with E-state index in [4.69, 9.17) is 4.74 Å². The molecular formula is C26H24FN3O2S. The summed E-state index contributed by atoms with van der Waals surface area (Å²) in [5.41, 5.74) is 2.50. The van der Waals surface area contributed by atoms with Crippen molar-refractivity contribution < 1.29 is 13.9 Å². The van der Waals surface area contributed by atoms with Crippen LogP contribution in [0.3, 0.4) is 0 Å². The highest BCUT2D eigenvalue weighted by atomic mass is 32.2. The standard InChI is InChI=1S/C26H24FN3O2S/c1-18(24(31)20-12-14-21(27)15-13-20)33-26-29-28-25(22-10-6-7-11-23(22)32-2)30(26)17-16-19-8-4-3-5-9-19/h3-15,18H,16-17H2,1-2H3. The van der Waals surface area contributed by atoms with Crippen molar-refractivity contribution in [3.8, 4) is 17.1 Å². The minimum atomic E-state index is -0.416. The number of para-hydroxylation sites is 1. The summed E-state index contributed by atoms with van der Waals surface area (Å²) >= 11 is 1.35. The number of carbonyl (C=O) groups is 1. The summed E-state index contributed by atoms with van der Waals surface area (Å²) in [6, 6.07) is 23.5. The lowest BCUT2D eigenvalue weighted by Crippen LogP contribution is -2.15. The third-order valence-corrected chi connectivity index (χ3v) is 6.39. The number of ketones is 1. The minimum Gasteiger partial charge on any atom is -0.496 e. The molecule has 1 unspecified atom stereocenters. The lowest BCUT2D eigenvalue weighted by atomic mass is 10.1. The molecule has 33 heavy (non-hydrogen) atoms. The normalized spacial score (nSPS) is 11.8. The molecule has 0 aliphatic heterocycles. The van der Waals surface area contributed by atoms with Gasteiger partial charge in [-0.2, -0.15) is 0 Å². The van der Waals surface area contributed by atoms with E-state index < -0.39 is 5.25 Å². The molecule has 4 rings (SSSR count). The highest BCUT2D eigenvalue weighted by molar-refractivity contribution is 8.00. The predicted molar refractivity (Wildman–Crippen MR) is 128 cm³/mol. The Kier molecular flexibility index (Phi) is 7.19. The van der Waals surface area contributed by atoms with Crippen molar-refractivity contribution in [2.24, 2.45) is 0 Å². The predicted octanol–water partition coefficient (Wildman–Crippen LogP) is 5.70. The molecule has 0 radical (unpaired) electrons. The van der Waals surface area contributed by atoms with Crippen LogP contribution in [0.5, 0.6) is 5.75 Å². The van der Waals surface area contributed by atoms with Gasteiger partial charge in [0.05, 0.1) is 17.9 Å². The van der Waals surface area contributed by atoms with Crippen LogP contribution in [0.1, 0.15) is 22.8 Å². The molecule has 168 valence electrons. The molecule has 3 aromatic carbocycles. The van der Waals surface area contributed by atoms with E-state index in [2.05, 4.69) is 22.3 Å². The largest absolute Gasteiger partial charge is 0.496 e. The number of nitrogens with zero attached hydrogens (tertiary/aromatic N) is 3. The van der Waals surface area contributed by atoms with Gasteiger partial charge in [0.25, 0.3) is 0 Å². The van der Waals surface area contributed by atoms with Gasteiger partial charge in [0, 0.05) is 12.1 Å². The second-order valence-electron chi connectivity index (χ2n) is 7.52. The Balaban J connectivity index is 1.64. The fourth-order valence-electron chi connectivity index (χ4n) is 3.55. The van der Waals surface area contributed by atoms with Gasteiger partial charge in [-0.15, -0.1) is 10.2 Å². The molecule has 1 atom stereocenters. The van der Waals surface area contributed by atoms with Gasteiger partial charge in [0.1, 0.15) is 11.6 Å². The Labute approximate surface area is 196 Å². The van der Waals surface area contributed by atoms with Gasteiger partial charge < -0.3 is 9.30 Å². The van der Waals surface area contributed by atoms with Crippen molar-refractivity contribution >= 4 is 17.5 Å². The van der Waals surface area contributed by atoms with Gasteiger partial charge >= 0.3 is 0 Å². The molecule has 0 saturated heterocycles. The third-order valence-electron chi connectivity index (χ3n) is 5.31. The number of carbonyl (C=O) groups excluding carboxylic acids is 1. The molecular weight excluding hydrogens is 437 g/mol. The van der Waals surface area contributed by atoms with Crippen LogP contribution in [0.25, 0.3) is 11.4 Å². The van der Waals surface area contributed by atoms with E-state index in [1.807, 2.05) is 54.0 Å². The number of Topliss-reactive ketones (excluding diaryl/α,β-unsaturated/α-hetero) is 1. The molecule has 0 aliphatic rings. The fraction of sp³-hybridized carbons (Fsp3) is 0.192. The number of aryl methyl sites for hydroxylation is 1. The number of methoxy groups -OCH3 is 1. The van der Waals surface area contributed by atoms with Gasteiger partial charge in [-0.05, 0) is 55.3 Å². The smallest absolute Gasteiger partial charge is 0.192 e. The van der Waals surface area contributed by atoms with Crippen molar-refractivity contribution in [1.29, 1.82) is 0 Å². The van der Waals surface area contributed by atoms with Gasteiger partial charge in [0.2, 0.25) is 0 Å². The van der Waals surface area contributed by atoms with Crippen LogP contribution in [0.15, 0.2) is 84.0 Å². The first-order valence-corrected chi connectivity index (χ1v) is 11.5. The molecule has 4 aromatic rings. The van der Waals surface area contributed by atoms with E-state index in [1.54, 1.807) is 7.11 Å². The zero-order valence-corrected chi connectivity index (χ0v) is 19.3. The number of rotatable bonds is 9. The first kappa shape index (κ1) is 22.7. The maximum absolute atomic E-state index is 13.3. The molecule has 1 aromatic heterocycles. The van der Waals surface area contributed by atoms with Gasteiger partial charge in [0.15, 0.2) is 16.8 Å². The van der Waals surface area contributed by atoms with Crippen LogP contribution in [-0.2, 0) is 13.0 Å². The Hall–Kier alpha value is -3.45. The number of hydrogen-bond donors (Lipinski definition) is 0. The first-order chi connectivity index (χ1) is 16.1. The topological polar surface area (TPSA) is 57.0 Å². The van der Waals surface area contributed by atoms with Crippen molar-refractivity contribution in [2.45, 2.75) is 30.3 Å². The monoisotopic (exact) mass is 461 g/mol. The Bertz CT molecular complexity index is 1230. The van der Waals surface area contributed by atoms with Crippen molar-refractivity contribution in [3.63, 3.8) is 0 Å². The lowest BCUT2D eigenvalue weighted by Gasteiger charge is -2.14. The average molecular weight is 462 g/mol. The molecule has 0 bridgehead atoms. The van der Waals surface area contributed by atoms with Gasteiger partial charge in [-0.3, -0.25) is 4.79 Å². The quantitative estimate of drug-likeness (QED) is 0.236. The summed E-state index contributed by atoms with van der Waals surface area (Å²) < 4.78 is 20.8. The SMILES string of the molecule is COc1ccccc1-c1nnc(SC(C)C(=O)c2ccc(F)cc2)n1CCc1ccccc1. The maximum atomic E-state index is 13.3. The van der Waals surface area contributed by atoms with E-state index in [-0.39, 0.29) is 11.6 Å². The number of hydrogen-bond acceptors (Lipinski definition) is 5. The summed E-state index contributed by atoms with van der Waals surface area (Å²) in [7, 11) is 1.63. The second kappa shape index (κ2) is 10.4. The molecule has 0 N–H and O–H groups in total. The van der Waals surface area contributed by atoms with Crippen LogP contribution in [-0.4, -0.2) is 32.9 Å². The zero-order valence-electron chi connectivity index (χ0n) is 18.4. The molecule has 7 heteroatoms. The fourth-order valence-corrected chi connectivity index (χ4v) is 4.50. The Morgan fingerprint density at radius 3 is 2.42 bits per heavy atom. The van der Waals surface area contributed by atoms with Crippen LogP contribution in [0, 0.1) is 5.82 Å². The van der Waals surface area contributed by atoms with Gasteiger partial charge in [-0.25, -0.2) is 4.39 Å². The van der Waals surface area contributed by atoms with Crippen molar-refractivity contribution in [2.75, 3.05) is 7.11 Å². The van der Waals surface area contributed by atoms with E-state index >= 15 is 0 Å². The highest BCUT2D eigenvalue weighted by Gasteiger charge is 2.23. The van der Waals surface area contributed by atoms with E-state index in [0.29, 0.717) is 28.8 Å². The van der Waals surface area contributed by atoms with Crippen LogP contribution < -0.4 is 4.74 Å². The number of thioether (sulfide) groups is 1. The molecule has 5 nitrogen and oxygen atoms in total. The van der Waals surface area contributed by atoms with Crippen LogP contribution in [0.4, 0.5) is 4.39 Å². The third kappa shape index (κ3) is 5.31. The number of benzene rings is 3. The molecule has 1 heterocycles. The first-order valence-electron chi connectivity index (χ1n) is 10.6. The molecule has 0 spiro atoms. The summed E-state index contributed by atoms with van der Waals surface area (Å²) in [5, 5.41) is 9.11. The zero-order chi connectivity index (χ0) is 23.2. The number of halogens is 1. The van der Waals surface area contributed by atoms with Gasteiger partial charge in [-0.1, -0.05) is 54.2 Å². The minimum absolute atomic E-state index is 0.0866. The Morgan fingerprint density at radius 2 is 1.70 bits per heavy atom. The molecule has 0 amide bonds. The number of aromatic nitrogens is 3. The van der Waals surface area contributed by atoms with E-state index in [1.165, 1.54) is 41.6 Å². The second-order valence-corrected chi connectivity index (χ2v) is 8.83. The molecule has 0 aliphatic carbocycles. The molecule has 0 fully saturated rings. The summed E-state index contributed by atoms with van der Waals surface area (Å²) in [6.45, 7) is 2.47. The average Bonchev–Trinajstić information content (AvgIpc) is 3.25. The summed E-state index contributed by atoms with van der Waals surface area (Å²) in [5.74, 6) is 0.940. The highest BCUT2D eigenvalue weighted by Crippen LogP contribution is 2.33. The Morgan fingerprint density at radius 1 is 1.00 bits per heavy atom. The summed E-state index contributed by atoms with van der Waals surface area (Å²) in [6.07, 6.45) is 0.787. The summed E-state index contributed by atoms with van der Waals surface area (Å²) in [4.78, 5) is 12.9. The van der Waals surface area contributed by atoms with E-state index in [0.717, 1.165) is 12.0 Å². The molecule has 0 saturated carbocycles. The van der Waals surface area contributed by atoms with Crippen molar-refractivity contribution in [1.82, 2.24) is 14.8 Å². The maximum Gasteiger partial charge on any atom is 0.192 e. The number of ether oxygens (including phenoxy) is 1. The van der Waals surface area contributed by atoms with E-state index in [9.17, 15) is 9.18 Å².